The van der Waals surface area contributed by atoms with Gasteiger partial charge in [0.25, 0.3) is 0 Å². The number of nitrogens with zero attached hydrogens (tertiary/aromatic N) is 3. The number of aliphatic hydroxyl groups excluding tert-OH is 1. The van der Waals surface area contributed by atoms with Gasteiger partial charge in [0.1, 0.15) is 0 Å². The Labute approximate surface area is 109 Å². The Balaban J connectivity index is 2.68. The molecule has 1 atom stereocenters. The highest BCUT2D eigenvalue weighted by Crippen LogP contribution is 2.20. The van der Waals surface area contributed by atoms with E-state index in [-0.39, 0.29) is 6.10 Å². The second-order valence-corrected chi connectivity index (χ2v) is 4.79. The van der Waals surface area contributed by atoms with E-state index in [1.807, 2.05) is 25.7 Å². The number of aliphatic hydroxyl groups is 1. The Morgan fingerprint density at radius 2 is 2.22 bits per heavy atom. The first-order chi connectivity index (χ1) is 8.58. The standard InChI is InChI=1S/C13H25N3O2/c1-5-11(17)6-7-12-13(18-4)10-14-16(12)9-8-15(2)3/h10-11,17H,5-9H2,1-4H3. The molecular weight excluding hydrogens is 230 g/mol. The Morgan fingerprint density at radius 1 is 1.50 bits per heavy atom. The number of hydrogen-bond donors (Lipinski definition) is 1. The molecule has 0 aliphatic heterocycles. The normalized spacial score (nSPS) is 13.0. The van der Waals surface area contributed by atoms with Gasteiger partial charge in [0.05, 0.1) is 31.6 Å². The van der Waals surface area contributed by atoms with Crippen molar-refractivity contribution in [2.75, 3.05) is 27.7 Å². The molecule has 1 N–H and O–H groups in total. The summed E-state index contributed by atoms with van der Waals surface area (Å²) in [6, 6.07) is 0. The summed E-state index contributed by atoms with van der Waals surface area (Å²) in [5, 5.41) is 14.0. The van der Waals surface area contributed by atoms with Gasteiger partial charge in [0.15, 0.2) is 5.75 Å². The number of aromatic nitrogens is 2. The van der Waals surface area contributed by atoms with Crippen LogP contribution in [0.4, 0.5) is 0 Å². The molecular formula is C13H25N3O2. The summed E-state index contributed by atoms with van der Waals surface area (Å²) < 4.78 is 7.29. The topological polar surface area (TPSA) is 50.5 Å². The summed E-state index contributed by atoms with van der Waals surface area (Å²) in [4.78, 5) is 2.12. The number of rotatable bonds is 8. The van der Waals surface area contributed by atoms with Gasteiger partial charge in [0.2, 0.25) is 0 Å². The number of ether oxygens (including phenoxy) is 1. The fourth-order valence-corrected chi connectivity index (χ4v) is 1.81. The van der Waals surface area contributed by atoms with Crippen molar-refractivity contribution in [3.8, 4) is 5.75 Å². The van der Waals surface area contributed by atoms with Crippen LogP contribution >= 0.6 is 0 Å². The molecule has 1 heterocycles. The quantitative estimate of drug-likeness (QED) is 0.757. The number of hydrogen-bond acceptors (Lipinski definition) is 4. The minimum absolute atomic E-state index is 0.244. The van der Waals surface area contributed by atoms with Gasteiger partial charge in [-0.3, -0.25) is 4.68 Å². The SMILES string of the molecule is CCC(O)CCc1c(OC)cnn1CCN(C)C. The highest BCUT2D eigenvalue weighted by molar-refractivity contribution is 5.25. The van der Waals surface area contributed by atoms with Crippen molar-refractivity contribution < 1.29 is 9.84 Å². The lowest BCUT2D eigenvalue weighted by molar-refractivity contribution is 0.159. The average Bonchev–Trinajstić information content (AvgIpc) is 2.75. The first-order valence-corrected chi connectivity index (χ1v) is 6.50. The molecule has 0 radical (unpaired) electrons. The van der Waals surface area contributed by atoms with E-state index >= 15 is 0 Å². The number of methoxy groups -OCH3 is 1. The zero-order valence-corrected chi connectivity index (χ0v) is 11.9. The minimum atomic E-state index is -0.244. The summed E-state index contributed by atoms with van der Waals surface area (Å²) in [6.45, 7) is 3.77. The highest BCUT2D eigenvalue weighted by atomic mass is 16.5. The van der Waals surface area contributed by atoms with Gasteiger partial charge in [0, 0.05) is 6.54 Å². The predicted molar refractivity (Wildman–Crippen MR) is 72.0 cm³/mol. The summed E-state index contributed by atoms with van der Waals surface area (Å²) in [5.74, 6) is 0.817. The molecule has 0 fully saturated rings. The molecule has 5 nitrogen and oxygen atoms in total. The Kier molecular flexibility index (Phi) is 6.15. The van der Waals surface area contributed by atoms with Crippen LogP contribution in [-0.4, -0.2) is 53.6 Å². The predicted octanol–water partition coefficient (Wildman–Crippen LogP) is 1.16. The first-order valence-electron chi connectivity index (χ1n) is 6.50. The Hall–Kier alpha value is -1.07. The van der Waals surface area contributed by atoms with Crippen LogP contribution in [0.5, 0.6) is 5.75 Å². The van der Waals surface area contributed by atoms with Crippen molar-refractivity contribution in [3.63, 3.8) is 0 Å². The van der Waals surface area contributed by atoms with Crippen LogP contribution < -0.4 is 4.74 Å². The van der Waals surface area contributed by atoms with Crippen LogP contribution in [0.25, 0.3) is 0 Å². The van der Waals surface area contributed by atoms with Crippen LogP contribution in [0.3, 0.4) is 0 Å². The molecule has 1 aromatic heterocycles. The third kappa shape index (κ3) is 4.31. The molecule has 104 valence electrons. The molecule has 0 bridgehead atoms. The summed E-state index contributed by atoms with van der Waals surface area (Å²) in [5.41, 5.74) is 1.08. The largest absolute Gasteiger partial charge is 0.493 e. The molecule has 0 spiro atoms. The van der Waals surface area contributed by atoms with Gasteiger partial charge in [-0.05, 0) is 33.4 Å². The fourth-order valence-electron chi connectivity index (χ4n) is 1.81. The van der Waals surface area contributed by atoms with Crippen molar-refractivity contribution in [1.82, 2.24) is 14.7 Å². The minimum Gasteiger partial charge on any atom is -0.493 e. The second kappa shape index (κ2) is 7.38. The van der Waals surface area contributed by atoms with Gasteiger partial charge in [-0.2, -0.15) is 5.10 Å². The molecule has 0 aromatic carbocycles. The van der Waals surface area contributed by atoms with E-state index < -0.39 is 0 Å². The van der Waals surface area contributed by atoms with E-state index in [0.717, 1.165) is 43.8 Å². The smallest absolute Gasteiger partial charge is 0.159 e. The van der Waals surface area contributed by atoms with Crippen LogP contribution in [0.2, 0.25) is 0 Å². The van der Waals surface area contributed by atoms with E-state index in [4.69, 9.17) is 4.74 Å². The molecule has 0 aliphatic rings. The average molecular weight is 255 g/mol. The molecule has 1 unspecified atom stereocenters. The Bertz CT molecular complexity index is 350. The molecule has 1 aromatic rings. The van der Waals surface area contributed by atoms with Crippen LogP contribution in [0.1, 0.15) is 25.5 Å². The molecule has 0 saturated heterocycles. The molecule has 1 rings (SSSR count). The second-order valence-electron chi connectivity index (χ2n) is 4.79. The van der Waals surface area contributed by atoms with Crippen molar-refractivity contribution >= 4 is 0 Å². The third-order valence-corrected chi connectivity index (χ3v) is 3.07. The maximum atomic E-state index is 9.65. The molecule has 0 aliphatic carbocycles. The van der Waals surface area contributed by atoms with Crippen LogP contribution in [0, 0.1) is 0 Å². The first kappa shape index (κ1) is 15.0. The zero-order chi connectivity index (χ0) is 13.5. The van der Waals surface area contributed by atoms with Gasteiger partial charge in [-0.25, -0.2) is 0 Å². The molecule has 0 amide bonds. The molecule has 0 saturated carbocycles. The van der Waals surface area contributed by atoms with Gasteiger partial charge in [-0.15, -0.1) is 0 Å². The lowest BCUT2D eigenvalue weighted by Crippen LogP contribution is -2.20. The van der Waals surface area contributed by atoms with Gasteiger partial charge in [-0.1, -0.05) is 6.92 Å². The van der Waals surface area contributed by atoms with Gasteiger partial charge >= 0.3 is 0 Å². The molecule has 18 heavy (non-hydrogen) atoms. The van der Waals surface area contributed by atoms with E-state index in [1.165, 1.54) is 0 Å². The monoisotopic (exact) mass is 255 g/mol. The van der Waals surface area contributed by atoms with E-state index in [2.05, 4.69) is 10.00 Å². The lowest BCUT2D eigenvalue weighted by atomic mass is 10.1. The lowest BCUT2D eigenvalue weighted by Gasteiger charge is -2.13. The zero-order valence-electron chi connectivity index (χ0n) is 11.9. The maximum Gasteiger partial charge on any atom is 0.159 e. The fraction of sp³-hybridized carbons (Fsp3) is 0.769. The van der Waals surface area contributed by atoms with E-state index in [1.54, 1.807) is 13.3 Å². The van der Waals surface area contributed by atoms with E-state index in [9.17, 15) is 5.11 Å². The summed E-state index contributed by atoms with van der Waals surface area (Å²) >= 11 is 0. The summed E-state index contributed by atoms with van der Waals surface area (Å²) in [7, 11) is 5.75. The maximum absolute atomic E-state index is 9.65. The highest BCUT2D eigenvalue weighted by Gasteiger charge is 2.13. The third-order valence-electron chi connectivity index (χ3n) is 3.07. The van der Waals surface area contributed by atoms with Crippen molar-refractivity contribution in [2.45, 2.75) is 38.8 Å². The molecule has 5 heteroatoms. The van der Waals surface area contributed by atoms with Crippen LogP contribution in [-0.2, 0) is 13.0 Å². The van der Waals surface area contributed by atoms with Crippen LogP contribution in [0.15, 0.2) is 6.20 Å². The Morgan fingerprint density at radius 3 is 2.78 bits per heavy atom. The van der Waals surface area contributed by atoms with Crippen molar-refractivity contribution in [3.05, 3.63) is 11.9 Å². The van der Waals surface area contributed by atoms with Crippen molar-refractivity contribution in [2.24, 2.45) is 0 Å². The van der Waals surface area contributed by atoms with E-state index in [0.29, 0.717) is 0 Å². The van der Waals surface area contributed by atoms with Gasteiger partial charge < -0.3 is 14.7 Å². The summed E-state index contributed by atoms with van der Waals surface area (Å²) in [6.07, 6.45) is 3.84. The van der Waals surface area contributed by atoms with Crippen molar-refractivity contribution in [1.29, 1.82) is 0 Å². The number of likely N-dealkylation sites (N-methyl/N-ethyl adjacent to an activating group) is 1.